The molecule has 0 saturated carbocycles. The van der Waals surface area contributed by atoms with E-state index in [1.54, 1.807) is 0 Å². The van der Waals surface area contributed by atoms with Gasteiger partial charge in [-0.3, -0.25) is 4.79 Å². The SMILES string of the molecule is Cc1ccccc1Cn1cnc2ccc(-c3cccc(NC(=O)Cc4ccccc4)n3)cc21.[HH]. The molecular weight excluding hydrogens is 408 g/mol. The van der Waals surface area contributed by atoms with Gasteiger partial charge in [-0.2, -0.15) is 0 Å². The highest BCUT2D eigenvalue weighted by molar-refractivity contribution is 5.91. The van der Waals surface area contributed by atoms with Crippen molar-refractivity contribution in [2.75, 3.05) is 5.32 Å². The number of anilines is 1. The number of pyridine rings is 1. The van der Waals surface area contributed by atoms with E-state index >= 15 is 0 Å². The van der Waals surface area contributed by atoms with Gasteiger partial charge >= 0.3 is 0 Å². The fraction of sp³-hybridized carbons (Fsp3) is 0.107. The van der Waals surface area contributed by atoms with Crippen molar-refractivity contribution in [2.45, 2.75) is 19.9 Å². The molecule has 0 saturated heterocycles. The van der Waals surface area contributed by atoms with Gasteiger partial charge in [-0.1, -0.05) is 66.7 Å². The number of rotatable bonds is 6. The largest absolute Gasteiger partial charge is 0.326 e. The highest BCUT2D eigenvalue weighted by Gasteiger charge is 2.10. The zero-order chi connectivity index (χ0) is 22.6. The number of aromatic nitrogens is 3. The lowest BCUT2D eigenvalue weighted by Crippen LogP contribution is -2.15. The number of benzene rings is 3. The Kier molecular flexibility index (Phi) is 5.68. The van der Waals surface area contributed by atoms with Crippen LogP contribution in [0.5, 0.6) is 0 Å². The summed E-state index contributed by atoms with van der Waals surface area (Å²) in [7, 11) is 0. The van der Waals surface area contributed by atoms with Gasteiger partial charge in [0.05, 0.1) is 29.5 Å². The van der Waals surface area contributed by atoms with Crippen molar-refractivity contribution < 1.29 is 6.22 Å². The van der Waals surface area contributed by atoms with E-state index in [1.807, 2.05) is 67.0 Å². The minimum atomic E-state index is -0.0855. The van der Waals surface area contributed by atoms with E-state index in [1.165, 1.54) is 11.1 Å². The van der Waals surface area contributed by atoms with Crippen LogP contribution in [0.4, 0.5) is 5.82 Å². The molecule has 164 valence electrons. The molecule has 5 nitrogen and oxygen atoms in total. The first kappa shape index (κ1) is 20.6. The molecule has 0 atom stereocenters. The first-order valence-electron chi connectivity index (χ1n) is 11.0. The van der Waals surface area contributed by atoms with Crippen molar-refractivity contribution in [3.63, 3.8) is 0 Å². The highest BCUT2D eigenvalue weighted by Crippen LogP contribution is 2.25. The molecule has 0 radical (unpaired) electrons. The Labute approximate surface area is 194 Å². The molecule has 1 N–H and O–H groups in total. The molecule has 5 rings (SSSR count). The first-order valence-corrected chi connectivity index (χ1v) is 11.0. The summed E-state index contributed by atoms with van der Waals surface area (Å²) in [4.78, 5) is 21.7. The standard InChI is InChI=1S/C28H24N4O.H2/c1-20-8-5-6-11-23(20)18-32-19-29-25-15-14-22(17-26(25)32)24-12-7-13-27(30-24)31-28(33)16-21-9-3-2-4-10-21;/h2-15,17,19H,16,18H2,1H3,(H,30,31,33);1H. The molecule has 0 unspecified atom stereocenters. The molecule has 0 aliphatic rings. The third-order valence-electron chi connectivity index (χ3n) is 5.74. The van der Waals surface area contributed by atoms with Crippen molar-refractivity contribution in [1.82, 2.24) is 14.5 Å². The topological polar surface area (TPSA) is 59.8 Å². The lowest BCUT2D eigenvalue weighted by atomic mass is 10.1. The highest BCUT2D eigenvalue weighted by atomic mass is 16.1. The molecule has 33 heavy (non-hydrogen) atoms. The molecule has 0 bridgehead atoms. The zero-order valence-electron chi connectivity index (χ0n) is 18.4. The minimum Gasteiger partial charge on any atom is -0.326 e. The molecule has 2 aromatic heterocycles. The van der Waals surface area contributed by atoms with Gasteiger partial charge in [-0.15, -0.1) is 0 Å². The van der Waals surface area contributed by atoms with Crippen LogP contribution in [0.1, 0.15) is 18.1 Å². The van der Waals surface area contributed by atoms with Crippen LogP contribution in [0, 0.1) is 6.92 Å². The summed E-state index contributed by atoms with van der Waals surface area (Å²) in [6.07, 6.45) is 2.20. The van der Waals surface area contributed by atoms with Gasteiger partial charge in [0.2, 0.25) is 5.91 Å². The number of amides is 1. The Hall–Kier alpha value is -4.25. The number of nitrogens with zero attached hydrogens (tertiary/aromatic N) is 3. The summed E-state index contributed by atoms with van der Waals surface area (Å²) in [6, 6.07) is 29.9. The predicted octanol–water partition coefficient (Wildman–Crippen LogP) is 5.88. The Morgan fingerprint density at radius 1 is 0.939 bits per heavy atom. The molecule has 0 aliphatic carbocycles. The van der Waals surface area contributed by atoms with Crippen LogP contribution in [0.3, 0.4) is 0 Å². The molecule has 0 spiro atoms. The van der Waals surface area contributed by atoms with E-state index in [0.29, 0.717) is 12.2 Å². The molecule has 2 heterocycles. The smallest absolute Gasteiger partial charge is 0.229 e. The maximum absolute atomic E-state index is 12.5. The van der Waals surface area contributed by atoms with E-state index in [9.17, 15) is 4.79 Å². The minimum absolute atomic E-state index is 0. The van der Waals surface area contributed by atoms with Crippen LogP contribution in [0.15, 0.2) is 97.3 Å². The third-order valence-corrected chi connectivity index (χ3v) is 5.74. The molecule has 0 aliphatic heterocycles. The summed E-state index contributed by atoms with van der Waals surface area (Å²) >= 11 is 0. The Bertz CT molecular complexity index is 1430. The average Bonchev–Trinajstić information content (AvgIpc) is 3.23. The Balaban J connectivity index is 0.00000274. The Morgan fingerprint density at radius 2 is 1.76 bits per heavy atom. The third kappa shape index (κ3) is 4.67. The van der Waals surface area contributed by atoms with Crippen molar-refractivity contribution in [3.8, 4) is 11.3 Å². The second-order valence-corrected chi connectivity index (χ2v) is 8.12. The van der Waals surface area contributed by atoms with Gasteiger partial charge < -0.3 is 9.88 Å². The van der Waals surface area contributed by atoms with E-state index in [4.69, 9.17) is 0 Å². The predicted molar refractivity (Wildman–Crippen MR) is 134 cm³/mol. The monoisotopic (exact) mass is 434 g/mol. The number of hydrogen-bond acceptors (Lipinski definition) is 3. The normalized spacial score (nSPS) is 10.9. The van der Waals surface area contributed by atoms with Gasteiger partial charge in [0, 0.05) is 13.5 Å². The van der Waals surface area contributed by atoms with Crippen LogP contribution in [0.2, 0.25) is 0 Å². The molecule has 1 amide bonds. The Morgan fingerprint density at radius 3 is 2.61 bits per heavy atom. The first-order chi connectivity index (χ1) is 16.2. The summed E-state index contributed by atoms with van der Waals surface area (Å²) in [5.74, 6) is 0.458. The van der Waals surface area contributed by atoms with Crippen LogP contribution >= 0.6 is 0 Å². The number of imidazole rings is 1. The van der Waals surface area contributed by atoms with Gasteiger partial charge in [0.15, 0.2) is 0 Å². The van der Waals surface area contributed by atoms with Gasteiger partial charge in [0.25, 0.3) is 0 Å². The maximum Gasteiger partial charge on any atom is 0.229 e. The van der Waals surface area contributed by atoms with E-state index < -0.39 is 0 Å². The van der Waals surface area contributed by atoms with E-state index in [0.717, 1.165) is 34.4 Å². The lowest BCUT2D eigenvalue weighted by molar-refractivity contribution is -0.115. The molecule has 0 fully saturated rings. The van der Waals surface area contributed by atoms with Crippen LogP contribution in [-0.4, -0.2) is 20.4 Å². The summed E-state index contributed by atoms with van der Waals surface area (Å²) in [5, 5.41) is 2.92. The summed E-state index contributed by atoms with van der Waals surface area (Å²) in [6.45, 7) is 2.89. The van der Waals surface area contributed by atoms with Gasteiger partial charge in [-0.25, -0.2) is 9.97 Å². The van der Waals surface area contributed by atoms with Gasteiger partial charge in [0.1, 0.15) is 5.82 Å². The molecule has 5 aromatic rings. The number of aryl methyl sites for hydroxylation is 1. The zero-order valence-corrected chi connectivity index (χ0v) is 18.4. The quantitative estimate of drug-likeness (QED) is 0.363. The van der Waals surface area contributed by atoms with Crippen molar-refractivity contribution >= 4 is 22.8 Å². The molecule has 5 heteroatoms. The second-order valence-electron chi connectivity index (χ2n) is 8.12. The summed E-state index contributed by atoms with van der Waals surface area (Å²) < 4.78 is 2.16. The van der Waals surface area contributed by atoms with Crippen LogP contribution < -0.4 is 5.32 Å². The van der Waals surface area contributed by atoms with Crippen LogP contribution in [0.25, 0.3) is 22.3 Å². The lowest BCUT2D eigenvalue weighted by Gasteiger charge is -2.09. The fourth-order valence-electron chi connectivity index (χ4n) is 3.95. The number of carbonyl (C=O) groups is 1. The second kappa shape index (κ2) is 9.09. The fourth-order valence-corrected chi connectivity index (χ4v) is 3.95. The summed E-state index contributed by atoms with van der Waals surface area (Å²) in [5.41, 5.74) is 7.28. The average molecular weight is 435 g/mol. The maximum atomic E-state index is 12.5. The van der Waals surface area contributed by atoms with E-state index in [-0.39, 0.29) is 7.33 Å². The van der Waals surface area contributed by atoms with Crippen molar-refractivity contribution in [1.29, 1.82) is 0 Å². The number of fused-ring (bicyclic) bond motifs is 1. The van der Waals surface area contributed by atoms with Gasteiger partial charge in [-0.05, 0) is 47.9 Å². The van der Waals surface area contributed by atoms with E-state index in [2.05, 4.69) is 57.1 Å². The number of nitrogens with one attached hydrogen (secondary N) is 1. The number of carbonyl (C=O) groups excluding carboxylic acids is 1. The van der Waals surface area contributed by atoms with Crippen molar-refractivity contribution in [3.05, 3.63) is 114 Å². The van der Waals surface area contributed by atoms with Crippen LogP contribution in [-0.2, 0) is 17.8 Å². The number of hydrogen-bond donors (Lipinski definition) is 1. The molecular formula is C28H26N4O. The van der Waals surface area contributed by atoms with Crippen molar-refractivity contribution in [2.24, 2.45) is 0 Å². The molecule has 3 aromatic carbocycles.